The Bertz CT molecular complexity index is 349. The van der Waals surface area contributed by atoms with Crippen molar-refractivity contribution < 1.29 is 9.47 Å². The zero-order valence-corrected chi connectivity index (χ0v) is 11.2. The SMILES string of the molecule is COCCN(c1cccc(NN)n1)C(C)COC. The van der Waals surface area contributed by atoms with Crippen molar-refractivity contribution >= 4 is 11.6 Å². The van der Waals surface area contributed by atoms with Gasteiger partial charge in [-0.3, -0.25) is 0 Å². The van der Waals surface area contributed by atoms with E-state index in [9.17, 15) is 0 Å². The van der Waals surface area contributed by atoms with E-state index in [2.05, 4.69) is 22.2 Å². The normalized spacial score (nSPS) is 12.2. The highest BCUT2D eigenvalue weighted by atomic mass is 16.5. The Morgan fingerprint density at radius 1 is 1.39 bits per heavy atom. The smallest absolute Gasteiger partial charge is 0.142 e. The Hall–Kier alpha value is -1.37. The lowest BCUT2D eigenvalue weighted by Gasteiger charge is -2.29. The predicted molar refractivity (Wildman–Crippen MR) is 72.6 cm³/mol. The maximum absolute atomic E-state index is 5.37. The molecule has 0 aliphatic carbocycles. The van der Waals surface area contributed by atoms with Crippen molar-refractivity contribution in [3.05, 3.63) is 18.2 Å². The maximum Gasteiger partial charge on any atom is 0.142 e. The molecule has 1 rings (SSSR count). The summed E-state index contributed by atoms with van der Waals surface area (Å²) in [5, 5.41) is 0. The molecule has 0 aliphatic heterocycles. The van der Waals surface area contributed by atoms with Crippen LogP contribution in [0.3, 0.4) is 0 Å². The van der Waals surface area contributed by atoms with Gasteiger partial charge in [0.05, 0.1) is 19.3 Å². The monoisotopic (exact) mass is 254 g/mol. The van der Waals surface area contributed by atoms with Gasteiger partial charge in [0.15, 0.2) is 0 Å². The topological polar surface area (TPSA) is 72.6 Å². The van der Waals surface area contributed by atoms with Crippen LogP contribution < -0.4 is 16.2 Å². The number of aromatic nitrogens is 1. The molecule has 102 valence electrons. The minimum atomic E-state index is 0.214. The van der Waals surface area contributed by atoms with Gasteiger partial charge in [0.1, 0.15) is 11.6 Å². The summed E-state index contributed by atoms with van der Waals surface area (Å²) in [6.45, 7) is 4.10. The van der Waals surface area contributed by atoms with Gasteiger partial charge in [-0.1, -0.05) is 6.07 Å². The van der Waals surface area contributed by atoms with Crippen molar-refractivity contribution in [1.29, 1.82) is 0 Å². The third-order valence-corrected chi connectivity index (χ3v) is 2.65. The van der Waals surface area contributed by atoms with E-state index in [4.69, 9.17) is 15.3 Å². The van der Waals surface area contributed by atoms with E-state index < -0.39 is 0 Å². The fraction of sp³-hybridized carbons (Fsp3) is 0.583. The number of nitrogens with two attached hydrogens (primary N) is 1. The van der Waals surface area contributed by atoms with E-state index in [1.165, 1.54) is 0 Å². The van der Waals surface area contributed by atoms with Crippen LogP contribution in [0.2, 0.25) is 0 Å². The molecule has 6 heteroatoms. The van der Waals surface area contributed by atoms with Crippen LogP contribution in [0.5, 0.6) is 0 Å². The number of ether oxygens (including phenoxy) is 2. The molecule has 0 saturated heterocycles. The summed E-state index contributed by atoms with van der Waals surface area (Å²) in [6.07, 6.45) is 0. The van der Waals surface area contributed by atoms with E-state index in [0.29, 0.717) is 19.0 Å². The molecule has 0 aliphatic rings. The van der Waals surface area contributed by atoms with Crippen molar-refractivity contribution in [2.45, 2.75) is 13.0 Å². The molecule has 18 heavy (non-hydrogen) atoms. The van der Waals surface area contributed by atoms with Crippen molar-refractivity contribution in [1.82, 2.24) is 4.98 Å². The Labute approximate surface area is 108 Å². The van der Waals surface area contributed by atoms with Crippen LogP contribution in [-0.2, 0) is 9.47 Å². The molecule has 1 unspecified atom stereocenters. The van der Waals surface area contributed by atoms with Crippen LogP contribution in [-0.4, -0.2) is 45.0 Å². The second kappa shape index (κ2) is 7.86. The second-order valence-electron chi connectivity index (χ2n) is 4.02. The molecule has 1 aromatic heterocycles. The Kier molecular flexibility index (Phi) is 6.42. The minimum absolute atomic E-state index is 0.214. The molecule has 1 atom stereocenters. The lowest BCUT2D eigenvalue weighted by atomic mass is 10.3. The van der Waals surface area contributed by atoms with Crippen LogP contribution in [0, 0.1) is 0 Å². The van der Waals surface area contributed by atoms with Gasteiger partial charge in [0.25, 0.3) is 0 Å². The number of hydrogen-bond donors (Lipinski definition) is 2. The Balaban J connectivity index is 2.85. The van der Waals surface area contributed by atoms with Gasteiger partial charge >= 0.3 is 0 Å². The van der Waals surface area contributed by atoms with Crippen molar-refractivity contribution in [2.24, 2.45) is 5.84 Å². The third kappa shape index (κ3) is 4.14. The van der Waals surface area contributed by atoms with Gasteiger partial charge in [-0.15, -0.1) is 0 Å². The van der Waals surface area contributed by atoms with E-state index in [0.717, 1.165) is 12.4 Å². The fourth-order valence-corrected chi connectivity index (χ4v) is 1.75. The number of nitrogens with one attached hydrogen (secondary N) is 1. The van der Waals surface area contributed by atoms with Crippen LogP contribution in [0.4, 0.5) is 11.6 Å². The molecular weight excluding hydrogens is 232 g/mol. The first-order valence-corrected chi connectivity index (χ1v) is 5.91. The third-order valence-electron chi connectivity index (χ3n) is 2.65. The molecule has 0 bridgehead atoms. The number of hydrazine groups is 1. The van der Waals surface area contributed by atoms with Crippen LogP contribution in [0.1, 0.15) is 6.92 Å². The molecule has 1 heterocycles. The molecule has 1 aromatic rings. The number of nitrogen functional groups attached to an aromatic ring is 1. The summed E-state index contributed by atoms with van der Waals surface area (Å²) in [4.78, 5) is 6.56. The number of nitrogens with zero attached hydrogens (tertiary/aromatic N) is 2. The molecule has 0 amide bonds. The van der Waals surface area contributed by atoms with Gasteiger partial charge < -0.3 is 19.8 Å². The predicted octanol–water partition coefficient (Wildman–Crippen LogP) is 0.855. The molecule has 6 nitrogen and oxygen atoms in total. The van der Waals surface area contributed by atoms with E-state index >= 15 is 0 Å². The minimum Gasteiger partial charge on any atom is -0.383 e. The van der Waals surface area contributed by atoms with E-state index in [1.54, 1.807) is 14.2 Å². The maximum atomic E-state index is 5.37. The van der Waals surface area contributed by atoms with Crippen molar-refractivity contribution in [2.75, 3.05) is 44.3 Å². The highest BCUT2D eigenvalue weighted by molar-refractivity contribution is 5.47. The van der Waals surface area contributed by atoms with Crippen molar-refractivity contribution in [3.63, 3.8) is 0 Å². The van der Waals surface area contributed by atoms with Gasteiger partial charge in [-0.25, -0.2) is 10.8 Å². The summed E-state index contributed by atoms with van der Waals surface area (Å²) in [5.41, 5.74) is 2.55. The molecule has 3 N–H and O–H groups in total. The molecule has 0 saturated carbocycles. The highest BCUT2D eigenvalue weighted by Crippen LogP contribution is 2.16. The quantitative estimate of drug-likeness (QED) is 0.529. The van der Waals surface area contributed by atoms with Crippen molar-refractivity contribution in [3.8, 4) is 0 Å². The summed E-state index contributed by atoms with van der Waals surface area (Å²) < 4.78 is 10.3. The van der Waals surface area contributed by atoms with Gasteiger partial charge in [0, 0.05) is 20.8 Å². The van der Waals surface area contributed by atoms with Crippen LogP contribution in [0.15, 0.2) is 18.2 Å². The molecule has 0 aromatic carbocycles. The summed E-state index contributed by atoms with van der Waals surface area (Å²) in [7, 11) is 3.38. The number of methoxy groups -OCH3 is 2. The zero-order chi connectivity index (χ0) is 13.4. The first kappa shape index (κ1) is 14.7. The van der Waals surface area contributed by atoms with Crippen LogP contribution in [0.25, 0.3) is 0 Å². The largest absolute Gasteiger partial charge is 0.383 e. The number of pyridine rings is 1. The van der Waals surface area contributed by atoms with Gasteiger partial charge in [-0.05, 0) is 19.1 Å². The first-order chi connectivity index (χ1) is 8.72. The summed E-state index contributed by atoms with van der Waals surface area (Å²) in [6, 6.07) is 5.89. The summed E-state index contributed by atoms with van der Waals surface area (Å²) in [5.74, 6) is 6.87. The van der Waals surface area contributed by atoms with Crippen LogP contribution >= 0.6 is 0 Å². The molecular formula is C12H22N4O2. The molecule has 0 spiro atoms. The fourth-order valence-electron chi connectivity index (χ4n) is 1.75. The molecule has 0 radical (unpaired) electrons. The Morgan fingerprint density at radius 3 is 2.78 bits per heavy atom. The average molecular weight is 254 g/mol. The van der Waals surface area contributed by atoms with Gasteiger partial charge in [0.2, 0.25) is 0 Å². The van der Waals surface area contributed by atoms with Gasteiger partial charge in [-0.2, -0.15) is 0 Å². The van der Waals surface area contributed by atoms with E-state index in [-0.39, 0.29) is 6.04 Å². The molecule has 0 fully saturated rings. The lowest BCUT2D eigenvalue weighted by Crippen LogP contribution is -2.39. The number of hydrogen-bond acceptors (Lipinski definition) is 6. The number of anilines is 2. The zero-order valence-electron chi connectivity index (χ0n) is 11.2. The highest BCUT2D eigenvalue weighted by Gasteiger charge is 2.15. The first-order valence-electron chi connectivity index (χ1n) is 5.91. The summed E-state index contributed by atoms with van der Waals surface area (Å²) >= 11 is 0. The average Bonchev–Trinajstić information content (AvgIpc) is 2.40. The standard InChI is InChI=1S/C12H22N4O2/c1-10(9-18-3)16(7-8-17-2)12-6-4-5-11(14-12)15-13/h4-6,10H,7-9,13H2,1-3H3,(H,14,15). The Morgan fingerprint density at radius 2 is 2.17 bits per heavy atom. The number of rotatable bonds is 8. The lowest BCUT2D eigenvalue weighted by molar-refractivity contribution is 0.170. The van der Waals surface area contributed by atoms with E-state index in [1.807, 2.05) is 18.2 Å². The second-order valence-corrected chi connectivity index (χ2v) is 4.02.